The van der Waals surface area contributed by atoms with E-state index in [0.29, 0.717) is 0 Å². The third-order valence-corrected chi connectivity index (χ3v) is 4.57. The Bertz CT molecular complexity index is 205. The highest BCUT2D eigenvalue weighted by molar-refractivity contribution is 4.83. The molecule has 0 radical (unpaired) electrons. The van der Waals surface area contributed by atoms with Crippen LogP contribution >= 0.6 is 0 Å². The van der Waals surface area contributed by atoms with E-state index in [0.717, 1.165) is 17.9 Å². The molecule has 0 saturated carbocycles. The summed E-state index contributed by atoms with van der Waals surface area (Å²) in [5, 5.41) is 3.71. The van der Waals surface area contributed by atoms with Crippen molar-refractivity contribution in [2.75, 3.05) is 26.2 Å². The van der Waals surface area contributed by atoms with Crippen LogP contribution < -0.4 is 5.32 Å². The molecule has 16 heavy (non-hydrogen) atoms. The second-order valence-corrected chi connectivity index (χ2v) is 5.86. The number of nitrogens with one attached hydrogen (secondary N) is 1. The van der Waals surface area contributed by atoms with E-state index in [9.17, 15) is 0 Å². The lowest BCUT2D eigenvalue weighted by Gasteiger charge is -2.38. The minimum atomic E-state index is 0.754. The van der Waals surface area contributed by atoms with Gasteiger partial charge in [-0.2, -0.15) is 0 Å². The number of piperidine rings is 2. The molecule has 2 rings (SSSR count). The van der Waals surface area contributed by atoms with Crippen LogP contribution in [0.25, 0.3) is 0 Å². The largest absolute Gasteiger partial charge is 0.312 e. The number of rotatable bonds is 3. The van der Waals surface area contributed by atoms with Gasteiger partial charge in [0.1, 0.15) is 0 Å². The summed E-state index contributed by atoms with van der Waals surface area (Å²) >= 11 is 0. The highest BCUT2D eigenvalue weighted by atomic mass is 15.2. The lowest BCUT2D eigenvalue weighted by Crippen LogP contribution is -2.50. The Kier molecular flexibility index (Phi) is 4.66. The van der Waals surface area contributed by atoms with E-state index in [2.05, 4.69) is 24.1 Å². The van der Waals surface area contributed by atoms with E-state index < -0.39 is 0 Å². The smallest absolute Gasteiger partial charge is 0.0220 e. The van der Waals surface area contributed by atoms with Crippen molar-refractivity contribution < 1.29 is 0 Å². The maximum Gasteiger partial charge on any atom is 0.0220 e. The van der Waals surface area contributed by atoms with E-state index in [4.69, 9.17) is 0 Å². The van der Waals surface area contributed by atoms with Crippen molar-refractivity contribution in [3.8, 4) is 0 Å². The summed E-state index contributed by atoms with van der Waals surface area (Å²) in [7, 11) is 0. The average molecular weight is 224 g/mol. The van der Waals surface area contributed by atoms with Crippen molar-refractivity contribution in [2.45, 2.75) is 52.0 Å². The van der Waals surface area contributed by atoms with Gasteiger partial charge in [0.25, 0.3) is 0 Å². The Balaban J connectivity index is 1.79. The monoisotopic (exact) mass is 224 g/mol. The minimum Gasteiger partial charge on any atom is -0.312 e. The van der Waals surface area contributed by atoms with Crippen LogP contribution in [0.4, 0.5) is 0 Å². The molecule has 2 aliphatic rings. The molecule has 0 aromatic heterocycles. The summed E-state index contributed by atoms with van der Waals surface area (Å²) in [6.45, 7) is 9.97. The Morgan fingerprint density at radius 1 is 1.25 bits per heavy atom. The fraction of sp³-hybridized carbons (Fsp3) is 1.00. The highest BCUT2D eigenvalue weighted by Gasteiger charge is 2.25. The minimum absolute atomic E-state index is 0.754. The van der Waals surface area contributed by atoms with Crippen LogP contribution in [0.3, 0.4) is 0 Å². The molecule has 2 nitrogen and oxygen atoms in total. The van der Waals surface area contributed by atoms with E-state index >= 15 is 0 Å². The molecule has 0 bridgehead atoms. The van der Waals surface area contributed by atoms with Gasteiger partial charge in [-0.15, -0.1) is 0 Å². The number of hydrogen-bond acceptors (Lipinski definition) is 2. The van der Waals surface area contributed by atoms with Crippen molar-refractivity contribution in [1.29, 1.82) is 0 Å². The topological polar surface area (TPSA) is 15.3 Å². The molecule has 2 heteroatoms. The standard InChI is InChI=1S/C14H28N2/c1-3-13-7-5-9-16(10-13)11-14-12(2)6-4-8-15-14/h12-15H,3-11H2,1-2H3. The maximum absolute atomic E-state index is 3.71. The molecule has 2 aliphatic heterocycles. The second-order valence-electron chi connectivity index (χ2n) is 5.86. The van der Waals surface area contributed by atoms with Crippen molar-refractivity contribution in [3.05, 3.63) is 0 Å². The van der Waals surface area contributed by atoms with Gasteiger partial charge in [-0.05, 0) is 50.6 Å². The Labute approximate surface area is 101 Å². The molecule has 0 spiro atoms. The zero-order valence-electron chi connectivity index (χ0n) is 11.0. The SMILES string of the molecule is CCC1CCCN(CC2NCCCC2C)C1. The summed E-state index contributed by atoms with van der Waals surface area (Å²) in [6, 6.07) is 0.754. The molecule has 2 fully saturated rings. The lowest BCUT2D eigenvalue weighted by atomic mass is 9.90. The number of nitrogens with zero attached hydrogens (tertiary/aromatic N) is 1. The molecular formula is C14H28N2. The quantitative estimate of drug-likeness (QED) is 0.792. The van der Waals surface area contributed by atoms with Crippen LogP contribution in [0.15, 0.2) is 0 Å². The number of likely N-dealkylation sites (tertiary alicyclic amines) is 1. The molecule has 2 heterocycles. The third kappa shape index (κ3) is 3.21. The van der Waals surface area contributed by atoms with Crippen LogP contribution in [-0.4, -0.2) is 37.1 Å². The first-order chi connectivity index (χ1) is 7.79. The molecule has 0 aromatic rings. The van der Waals surface area contributed by atoms with Gasteiger partial charge >= 0.3 is 0 Å². The zero-order valence-corrected chi connectivity index (χ0v) is 11.0. The summed E-state index contributed by atoms with van der Waals surface area (Å²) in [5.74, 6) is 1.84. The molecule has 0 aliphatic carbocycles. The van der Waals surface area contributed by atoms with Crippen LogP contribution in [-0.2, 0) is 0 Å². The fourth-order valence-electron chi connectivity index (χ4n) is 3.29. The first-order valence-corrected chi connectivity index (χ1v) is 7.25. The summed E-state index contributed by atoms with van der Waals surface area (Å²) in [6.07, 6.45) is 7.03. The third-order valence-electron chi connectivity index (χ3n) is 4.57. The Hall–Kier alpha value is -0.0800. The van der Waals surface area contributed by atoms with Crippen molar-refractivity contribution >= 4 is 0 Å². The highest BCUT2D eigenvalue weighted by Crippen LogP contribution is 2.22. The van der Waals surface area contributed by atoms with Gasteiger partial charge in [0.05, 0.1) is 0 Å². The molecule has 3 unspecified atom stereocenters. The van der Waals surface area contributed by atoms with Gasteiger partial charge in [0.15, 0.2) is 0 Å². The zero-order chi connectivity index (χ0) is 11.4. The average Bonchev–Trinajstić information content (AvgIpc) is 2.32. The Morgan fingerprint density at radius 2 is 2.12 bits per heavy atom. The second kappa shape index (κ2) is 6.02. The summed E-state index contributed by atoms with van der Waals surface area (Å²) in [5.41, 5.74) is 0. The van der Waals surface area contributed by atoms with Gasteiger partial charge in [0.2, 0.25) is 0 Å². The predicted octanol–water partition coefficient (Wildman–Crippen LogP) is 2.50. The number of hydrogen-bond donors (Lipinski definition) is 1. The molecule has 0 amide bonds. The van der Waals surface area contributed by atoms with E-state index in [1.165, 1.54) is 58.3 Å². The van der Waals surface area contributed by atoms with Crippen LogP contribution in [0.1, 0.15) is 46.0 Å². The normalized spacial score (nSPS) is 37.5. The maximum atomic E-state index is 3.71. The van der Waals surface area contributed by atoms with E-state index in [-0.39, 0.29) is 0 Å². The van der Waals surface area contributed by atoms with Gasteiger partial charge in [-0.1, -0.05) is 20.3 Å². The Morgan fingerprint density at radius 3 is 2.88 bits per heavy atom. The molecule has 1 N–H and O–H groups in total. The summed E-state index contributed by atoms with van der Waals surface area (Å²) < 4.78 is 0. The van der Waals surface area contributed by atoms with Crippen molar-refractivity contribution in [3.63, 3.8) is 0 Å². The van der Waals surface area contributed by atoms with E-state index in [1.54, 1.807) is 0 Å². The van der Waals surface area contributed by atoms with Crippen LogP contribution in [0.2, 0.25) is 0 Å². The van der Waals surface area contributed by atoms with Gasteiger partial charge in [-0.25, -0.2) is 0 Å². The predicted molar refractivity (Wildman–Crippen MR) is 69.6 cm³/mol. The molecule has 3 atom stereocenters. The molecule has 2 saturated heterocycles. The van der Waals surface area contributed by atoms with E-state index in [1.807, 2.05) is 0 Å². The van der Waals surface area contributed by atoms with Crippen LogP contribution in [0, 0.1) is 11.8 Å². The van der Waals surface area contributed by atoms with Gasteiger partial charge in [-0.3, -0.25) is 0 Å². The molecular weight excluding hydrogens is 196 g/mol. The first kappa shape index (κ1) is 12.4. The molecule has 0 aromatic carbocycles. The lowest BCUT2D eigenvalue weighted by molar-refractivity contribution is 0.134. The molecule has 94 valence electrons. The summed E-state index contributed by atoms with van der Waals surface area (Å²) in [4.78, 5) is 2.71. The van der Waals surface area contributed by atoms with Crippen molar-refractivity contribution in [1.82, 2.24) is 10.2 Å². The van der Waals surface area contributed by atoms with Crippen LogP contribution in [0.5, 0.6) is 0 Å². The van der Waals surface area contributed by atoms with Gasteiger partial charge in [0, 0.05) is 19.1 Å². The first-order valence-electron chi connectivity index (χ1n) is 7.25. The van der Waals surface area contributed by atoms with Gasteiger partial charge < -0.3 is 10.2 Å². The fourth-order valence-corrected chi connectivity index (χ4v) is 3.29. The van der Waals surface area contributed by atoms with Crippen molar-refractivity contribution in [2.24, 2.45) is 11.8 Å².